The molecule has 0 spiro atoms. The van der Waals surface area contributed by atoms with Crippen molar-refractivity contribution in [2.75, 3.05) is 0 Å². The summed E-state index contributed by atoms with van der Waals surface area (Å²) in [6.07, 6.45) is 4.01. The van der Waals surface area contributed by atoms with Gasteiger partial charge in [-0.05, 0) is 38.2 Å². The highest BCUT2D eigenvalue weighted by molar-refractivity contribution is 7.99. The van der Waals surface area contributed by atoms with Crippen molar-refractivity contribution in [2.24, 2.45) is 18.9 Å². The third-order valence-electron chi connectivity index (χ3n) is 4.03. The van der Waals surface area contributed by atoms with Gasteiger partial charge in [0, 0.05) is 12.3 Å². The Hall–Kier alpha value is -0.970. The van der Waals surface area contributed by atoms with Gasteiger partial charge in [0.2, 0.25) is 0 Å². The predicted octanol–water partition coefficient (Wildman–Crippen LogP) is 3.10. The van der Waals surface area contributed by atoms with Gasteiger partial charge in [0.15, 0.2) is 0 Å². The van der Waals surface area contributed by atoms with Gasteiger partial charge in [0.25, 0.3) is 0 Å². The monoisotopic (exact) mass is 282 g/mol. The van der Waals surface area contributed by atoms with Gasteiger partial charge in [0.05, 0.1) is 16.6 Å². The summed E-state index contributed by atoms with van der Waals surface area (Å²) in [6, 6.07) is 2.04. The summed E-state index contributed by atoms with van der Waals surface area (Å²) in [5, 5.41) is 15.0. The van der Waals surface area contributed by atoms with Gasteiger partial charge in [-0.2, -0.15) is 5.10 Å². The van der Waals surface area contributed by atoms with Crippen LogP contribution < -0.4 is 0 Å². The van der Waals surface area contributed by atoms with E-state index in [-0.39, 0.29) is 11.2 Å². The van der Waals surface area contributed by atoms with Gasteiger partial charge >= 0.3 is 5.97 Å². The molecular formula is C14H22N2O2S. The molecule has 1 fully saturated rings. The molecule has 1 saturated carbocycles. The minimum atomic E-state index is -0.647. The first-order valence-corrected chi connectivity index (χ1v) is 7.79. The number of hydrogen-bond donors (Lipinski definition) is 1. The van der Waals surface area contributed by atoms with Crippen molar-refractivity contribution in [1.29, 1.82) is 0 Å². The Labute approximate surface area is 118 Å². The van der Waals surface area contributed by atoms with Crippen molar-refractivity contribution >= 4 is 17.7 Å². The third-order valence-corrected chi connectivity index (χ3v) is 5.47. The molecule has 106 valence electrons. The summed E-state index contributed by atoms with van der Waals surface area (Å²) in [5.41, 5.74) is 0.986. The van der Waals surface area contributed by atoms with E-state index in [9.17, 15) is 9.90 Å². The zero-order valence-corrected chi connectivity index (χ0v) is 12.6. The molecule has 2 rings (SSSR count). The summed E-state index contributed by atoms with van der Waals surface area (Å²) in [4.78, 5) is 11.4. The number of rotatable bonds is 4. The second-order valence-electron chi connectivity index (χ2n) is 5.44. The number of aromatic nitrogens is 2. The van der Waals surface area contributed by atoms with Crippen LogP contribution in [0.3, 0.4) is 0 Å². The lowest BCUT2D eigenvalue weighted by atomic mass is 9.80. The van der Waals surface area contributed by atoms with Crippen molar-refractivity contribution in [3.63, 3.8) is 0 Å². The van der Waals surface area contributed by atoms with E-state index in [4.69, 9.17) is 0 Å². The summed E-state index contributed by atoms with van der Waals surface area (Å²) in [5.74, 6) is -0.198. The van der Waals surface area contributed by atoms with Gasteiger partial charge in [0.1, 0.15) is 0 Å². The number of aliphatic carboxylic acids is 1. The van der Waals surface area contributed by atoms with E-state index in [1.165, 1.54) is 0 Å². The molecule has 1 heterocycles. The molecule has 1 N–H and O–H groups in total. The molecule has 1 aromatic rings. The van der Waals surface area contributed by atoms with Crippen molar-refractivity contribution < 1.29 is 9.90 Å². The van der Waals surface area contributed by atoms with Crippen molar-refractivity contribution in [1.82, 2.24) is 9.78 Å². The van der Waals surface area contributed by atoms with Crippen molar-refractivity contribution in [2.45, 2.75) is 49.8 Å². The van der Waals surface area contributed by atoms with Crippen LogP contribution in [0.1, 0.15) is 38.3 Å². The highest BCUT2D eigenvalue weighted by Crippen LogP contribution is 2.41. The number of hydrogen-bond acceptors (Lipinski definition) is 3. The molecule has 0 amide bonds. The molecule has 3 atom stereocenters. The number of carbonyl (C=O) groups is 1. The standard InChI is InChI=1S/C14H22N2O2S/c1-4-10-5-6-11(14(17)18)12(8-10)19-13-7-9(2)15-16(13)3/h7,10-12H,4-6,8H2,1-3H3,(H,17,18). The van der Waals surface area contributed by atoms with E-state index in [2.05, 4.69) is 12.0 Å². The SMILES string of the molecule is CCC1CCC(C(=O)O)C(Sc2cc(C)nn2C)C1. The van der Waals surface area contributed by atoms with E-state index < -0.39 is 5.97 Å². The molecular weight excluding hydrogens is 260 g/mol. The molecule has 0 aliphatic heterocycles. The first kappa shape index (κ1) is 14.4. The second-order valence-corrected chi connectivity index (χ2v) is 6.70. The Balaban J connectivity index is 2.13. The summed E-state index contributed by atoms with van der Waals surface area (Å²) >= 11 is 1.69. The van der Waals surface area contributed by atoms with Crippen LogP contribution in [0, 0.1) is 18.8 Å². The molecule has 0 bridgehead atoms. The minimum Gasteiger partial charge on any atom is -0.481 e. The first-order valence-electron chi connectivity index (χ1n) is 6.91. The predicted molar refractivity (Wildman–Crippen MR) is 76.3 cm³/mol. The topological polar surface area (TPSA) is 55.1 Å². The number of carboxylic acids is 1. The van der Waals surface area contributed by atoms with Gasteiger partial charge in [-0.1, -0.05) is 13.3 Å². The van der Waals surface area contributed by atoms with E-state index in [1.807, 2.05) is 24.7 Å². The summed E-state index contributed by atoms with van der Waals surface area (Å²) in [7, 11) is 1.92. The fraction of sp³-hybridized carbons (Fsp3) is 0.714. The number of nitrogens with zero attached hydrogens (tertiary/aromatic N) is 2. The highest BCUT2D eigenvalue weighted by atomic mass is 32.2. The third kappa shape index (κ3) is 3.32. The lowest BCUT2D eigenvalue weighted by molar-refractivity contribution is -0.142. The molecule has 3 unspecified atom stereocenters. The Morgan fingerprint density at radius 2 is 2.32 bits per heavy atom. The van der Waals surface area contributed by atoms with Gasteiger partial charge in [-0.3, -0.25) is 9.48 Å². The Morgan fingerprint density at radius 3 is 2.84 bits per heavy atom. The normalized spacial score (nSPS) is 27.4. The van der Waals surface area contributed by atoms with Crippen LogP contribution in [-0.4, -0.2) is 26.1 Å². The maximum absolute atomic E-state index is 11.4. The molecule has 0 saturated heterocycles. The van der Waals surface area contributed by atoms with Crippen molar-refractivity contribution in [3.05, 3.63) is 11.8 Å². The highest BCUT2D eigenvalue weighted by Gasteiger charge is 2.35. The number of aryl methyl sites for hydroxylation is 2. The number of thioether (sulfide) groups is 1. The van der Waals surface area contributed by atoms with Crippen LogP contribution in [0.5, 0.6) is 0 Å². The summed E-state index contributed by atoms with van der Waals surface area (Å²) in [6.45, 7) is 4.16. The zero-order valence-electron chi connectivity index (χ0n) is 11.8. The van der Waals surface area contributed by atoms with Crippen LogP contribution in [-0.2, 0) is 11.8 Å². The quantitative estimate of drug-likeness (QED) is 0.922. The van der Waals surface area contributed by atoms with E-state index in [0.29, 0.717) is 5.92 Å². The Morgan fingerprint density at radius 1 is 1.58 bits per heavy atom. The zero-order chi connectivity index (χ0) is 14.0. The van der Waals surface area contributed by atoms with Crippen LogP contribution in [0.4, 0.5) is 0 Å². The average molecular weight is 282 g/mol. The molecule has 4 nitrogen and oxygen atoms in total. The maximum Gasteiger partial charge on any atom is 0.307 e. The molecule has 19 heavy (non-hydrogen) atoms. The smallest absolute Gasteiger partial charge is 0.307 e. The van der Waals surface area contributed by atoms with Gasteiger partial charge < -0.3 is 5.11 Å². The second kappa shape index (κ2) is 5.99. The fourth-order valence-corrected chi connectivity index (χ4v) is 4.37. The van der Waals surface area contributed by atoms with Gasteiger partial charge in [-0.15, -0.1) is 11.8 Å². The molecule has 1 aliphatic carbocycles. The lowest BCUT2D eigenvalue weighted by Gasteiger charge is -2.33. The first-order chi connectivity index (χ1) is 9.01. The molecule has 1 aliphatic rings. The lowest BCUT2D eigenvalue weighted by Crippen LogP contribution is -2.32. The molecule has 0 radical (unpaired) electrons. The fourth-order valence-electron chi connectivity index (χ4n) is 2.85. The molecule has 1 aromatic heterocycles. The maximum atomic E-state index is 11.4. The van der Waals surface area contributed by atoms with Crippen LogP contribution >= 0.6 is 11.8 Å². The molecule has 5 heteroatoms. The number of carboxylic acid groups (broad SMARTS) is 1. The largest absolute Gasteiger partial charge is 0.481 e. The van der Waals surface area contributed by atoms with E-state index in [1.54, 1.807) is 11.8 Å². The Bertz CT molecular complexity index is 458. The minimum absolute atomic E-state index is 0.172. The van der Waals surface area contributed by atoms with Crippen molar-refractivity contribution in [3.8, 4) is 0 Å². The van der Waals surface area contributed by atoms with E-state index >= 15 is 0 Å². The van der Waals surface area contributed by atoms with Gasteiger partial charge in [-0.25, -0.2) is 0 Å². The van der Waals surface area contributed by atoms with E-state index in [0.717, 1.165) is 36.4 Å². The van der Waals surface area contributed by atoms with Crippen LogP contribution in [0.15, 0.2) is 11.1 Å². The summed E-state index contributed by atoms with van der Waals surface area (Å²) < 4.78 is 1.86. The Kier molecular flexibility index (Phi) is 4.55. The van der Waals surface area contributed by atoms with Crippen LogP contribution in [0.2, 0.25) is 0 Å². The molecule has 0 aromatic carbocycles. The average Bonchev–Trinajstić information content (AvgIpc) is 2.67. The van der Waals surface area contributed by atoms with Crippen LogP contribution in [0.25, 0.3) is 0 Å².